The first-order valence-electron chi connectivity index (χ1n) is 10.7. The second kappa shape index (κ2) is 7.77. The number of pyridine rings is 1. The van der Waals surface area contributed by atoms with Crippen molar-refractivity contribution in [2.45, 2.75) is 51.1 Å². The molecule has 0 saturated heterocycles. The van der Waals surface area contributed by atoms with E-state index in [0.717, 1.165) is 47.8 Å². The van der Waals surface area contributed by atoms with E-state index in [0.29, 0.717) is 17.5 Å². The van der Waals surface area contributed by atoms with E-state index in [4.69, 9.17) is 9.72 Å². The molecule has 0 aliphatic heterocycles. The fourth-order valence-electron chi connectivity index (χ4n) is 4.55. The van der Waals surface area contributed by atoms with Crippen molar-refractivity contribution < 1.29 is 9.53 Å². The van der Waals surface area contributed by atoms with Gasteiger partial charge in [0.25, 0.3) is 0 Å². The highest BCUT2D eigenvalue weighted by Gasteiger charge is 2.32. The number of fused-ring (bicyclic) bond motifs is 2. The first-order valence-corrected chi connectivity index (χ1v) is 10.7. The molecule has 5 rings (SSSR count). The van der Waals surface area contributed by atoms with E-state index in [-0.39, 0.29) is 17.5 Å². The smallest absolute Gasteiger partial charge is 0.228 e. The number of amides is 1. The van der Waals surface area contributed by atoms with Gasteiger partial charge in [-0.25, -0.2) is 9.50 Å². The van der Waals surface area contributed by atoms with E-state index in [2.05, 4.69) is 37.6 Å². The maximum Gasteiger partial charge on any atom is 0.228 e. The number of aromatic amines is 1. The van der Waals surface area contributed by atoms with Crippen LogP contribution in [0.1, 0.15) is 39.5 Å². The Kier molecular flexibility index (Phi) is 4.91. The highest BCUT2D eigenvalue weighted by Crippen LogP contribution is 2.35. The van der Waals surface area contributed by atoms with E-state index < -0.39 is 0 Å². The molecule has 10 nitrogen and oxygen atoms in total. The maximum atomic E-state index is 11.5. The molecule has 4 aromatic heterocycles. The number of nitrogens with one attached hydrogen (secondary N) is 3. The molecule has 1 amide bonds. The van der Waals surface area contributed by atoms with Gasteiger partial charge in [-0.1, -0.05) is 0 Å². The van der Waals surface area contributed by atoms with Gasteiger partial charge < -0.3 is 20.4 Å². The lowest BCUT2D eigenvalue weighted by molar-refractivity contribution is -0.121. The number of nitrogens with zero attached hydrogens (tertiary/aromatic N) is 5. The van der Waals surface area contributed by atoms with Crippen LogP contribution in [-0.2, 0) is 4.79 Å². The fraction of sp³-hybridized carbons (Fsp3) is 0.409. The van der Waals surface area contributed by atoms with E-state index in [1.165, 1.54) is 6.33 Å². The van der Waals surface area contributed by atoms with E-state index in [1.54, 1.807) is 18.5 Å². The Bertz CT molecular complexity index is 1290. The van der Waals surface area contributed by atoms with Crippen molar-refractivity contribution in [3.8, 4) is 17.0 Å². The minimum atomic E-state index is -0.147. The quantitative estimate of drug-likeness (QED) is 0.441. The van der Waals surface area contributed by atoms with Gasteiger partial charge in [0, 0.05) is 42.0 Å². The molecule has 3 N–H and O–H groups in total. The Balaban J connectivity index is 1.40. The highest BCUT2D eigenvalue weighted by molar-refractivity contribution is 5.97. The Morgan fingerprint density at radius 3 is 2.84 bits per heavy atom. The topological polar surface area (TPSA) is 122 Å². The number of ether oxygens (including phenoxy) is 1. The van der Waals surface area contributed by atoms with Gasteiger partial charge in [-0.15, -0.1) is 0 Å². The molecule has 0 bridgehead atoms. The van der Waals surface area contributed by atoms with Crippen molar-refractivity contribution in [3.63, 3.8) is 0 Å². The van der Waals surface area contributed by atoms with Crippen LogP contribution < -0.4 is 15.4 Å². The molecular formula is C22H26N8O2. The van der Waals surface area contributed by atoms with Gasteiger partial charge in [0.1, 0.15) is 12.0 Å². The van der Waals surface area contributed by atoms with E-state index in [9.17, 15) is 4.79 Å². The van der Waals surface area contributed by atoms with Crippen LogP contribution in [0.2, 0.25) is 0 Å². The van der Waals surface area contributed by atoms with Crippen LogP contribution >= 0.6 is 0 Å². The van der Waals surface area contributed by atoms with Crippen LogP contribution in [0, 0.1) is 0 Å². The molecular weight excluding hydrogens is 408 g/mol. The molecule has 0 atom stereocenters. The van der Waals surface area contributed by atoms with Crippen LogP contribution in [-0.4, -0.2) is 54.1 Å². The van der Waals surface area contributed by atoms with Crippen LogP contribution in [0.4, 0.5) is 5.95 Å². The average Bonchev–Trinajstić information content (AvgIpc) is 3.40. The summed E-state index contributed by atoms with van der Waals surface area (Å²) in [6.45, 7) is 3.67. The Morgan fingerprint density at radius 1 is 1.28 bits per heavy atom. The lowest BCUT2D eigenvalue weighted by Crippen LogP contribution is -2.49. The van der Waals surface area contributed by atoms with Crippen molar-refractivity contribution in [3.05, 3.63) is 30.9 Å². The van der Waals surface area contributed by atoms with Gasteiger partial charge in [0.2, 0.25) is 17.7 Å². The summed E-state index contributed by atoms with van der Waals surface area (Å²) in [7, 11) is 1.61. The molecule has 0 radical (unpaired) electrons. The second-order valence-corrected chi connectivity index (χ2v) is 8.62. The summed E-state index contributed by atoms with van der Waals surface area (Å²) in [6.07, 6.45) is 9.01. The summed E-state index contributed by atoms with van der Waals surface area (Å²) in [5.41, 5.74) is 3.23. The SMILES string of the molecule is COc1nc(N[C@H]2CC[C@](C)(NC(C)=O)CC2)nc2[nH]cc(-c3ccc4ncnn4c3)c12. The number of carbonyl (C=O) groups is 1. The van der Waals surface area contributed by atoms with Crippen LogP contribution in [0.25, 0.3) is 27.8 Å². The maximum absolute atomic E-state index is 11.5. The third-order valence-electron chi connectivity index (χ3n) is 6.18. The number of hydrogen-bond donors (Lipinski definition) is 3. The van der Waals surface area contributed by atoms with E-state index >= 15 is 0 Å². The minimum absolute atomic E-state index is 0.0166. The largest absolute Gasteiger partial charge is 0.480 e. The summed E-state index contributed by atoms with van der Waals surface area (Å²) in [6, 6.07) is 4.15. The molecule has 1 fully saturated rings. The van der Waals surface area contributed by atoms with Crippen molar-refractivity contribution in [1.29, 1.82) is 0 Å². The number of aromatic nitrogens is 6. The fourth-order valence-corrected chi connectivity index (χ4v) is 4.55. The molecule has 10 heteroatoms. The highest BCUT2D eigenvalue weighted by atomic mass is 16.5. The van der Waals surface area contributed by atoms with Gasteiger partial charge >= 0.3 is 0 Å². The average molecular weight is 435 g/mol. The van der Waals surface area contributed by atoms with E-state index in [1.807, 2.05) is 24.5 Å². The number of anilines is 1. The molecule has 32 heavy (non-hydrogen) atoms. The summed E-state index contributed by atoms with van der Waals surface area (Å²) in [5, 5.41) is 11.6. The van der Waals surface area contributed by atoms with Crippen molar-refractivity contribution >= 4 is 28.5 Å². The summed E-state index contributed by atoms with van der Waals surface area (Å²) < 4.78 is 7.37. The monoisotopic (exact) mass is 434 g/mol. The van der Waals surface area contributed by atoms with Gasteiger partial charge in [-0.05, 0) is 44.7 Å². The predicted octanol–water partition coefficient (Wildman–Crippen LogP) is 2.93. The number of hydrogen-bond acceptors (Lipinski definition) is 7. The van der Waals surface area contributed by atoms with Gasteiger partial charge in [0.05, 0.1) is 12.5 Å². The second-order valence-electron chi connectivity index (χ2n) is 8.62. The van der Waals surface area contributed by atoms with Gasteiger partial charge in [0.15, 0.2) is 5.65 Å². The van der Waals surface area contributed by atoms with Crippen molar-refractivity contribution in [1.82, 2.24) is 34.9 Å². The zero-order valence-corrected chi connectivity index (χ0v) is 18.3. The molecule has 0 aromatic carbocycles. The molecule has 1 aliphatic rings. The molecule has 1 aliphatic carbocycles. The number of methoxy groups -OCH3 is 1. The molecule has 0 spiro atoms. The summed E-state index contributed by atoms with van der Waals surface area (Å²) >= 11 is 0. The third kappa shape index (κ3) is 3.72. The van der Waals surface area contributed by atoms with Crippen LogP contribution in [0.5, 0.6) is 5.88 Å². The molecule has 166 valence electrons. The summed E-state index contributed by atoms with van der Waals surface area (Å²) in [5.74, 6) is 1.05. The Hall–Kier alpha value is -3.69. The first kappa shape index (κ1) is 20.2. The van der Waals surface area contributed by atoms with Crippen LogP contribution in [0.3, 0.4) is 0 Å². The lowest BCUT2D eigenvalue weighted by Gasteiger charge is -2.38. The predicted molar refractivity (Wildman–Crippen MR) is 121 cm³/mol. The number of rotatable bonds is 5. The van der Waals surface area contributed by atoms with Crippen molar-refractivity contribution in [2.75, 3.05) is 12.4 Å². The lowest BCUT2D eigenvalue weighted by atomic mass is 9.81. The standard InChI is InChI=1S/C22H26N8O2/c1-13(31)29-22(2)8-6-15(7-9-22)26-21-27-19-18(20(28-21)32-3)16(10-23-19)14-4-5-17-24-12-25-30(17)11-14/h4-5,10-12,15H,6-9H2,1-3H3,(H,29,31)(H2,23,26,27,28)/t15-,22-. The normalized spacial score (nSPS) is 21.0. The first-order chi connectivity index (χ1) is 15.4. The third-order valence-corrected chi connectivity index (χ3v) is 6.18. The van der Waals surface area contributed by atoms with Crippen LogP contribution in [0.15, 0.2) is 30.9 Å². The Labute approximate surface area is 184 Å². The summed E-state index contributed by atoms with van der Waals surface area (Å²) in [4.78, 5) is 28.3. The minimum Gasteiger partial charge on any atom is -0.480 e. The van der Waals surface area contributed by atoms with Gasteiger partial charge in [-0.2, -0.15) is 15.1 Å². The van der Waals surface area contributed by atoms with Crippen molar-refractivity contribution in [2.24, 2.45) is 0 Å². The number of H-pyrrole nitrogens is 1. The molecule has 0 unspecified atom stereocenters. The molecule has 1 saturated carbocycles. The zero-order valence-electron chi connectivity index (χ0n) is 18.3. The number of carbonyl (C=O) groups excluding carboxylic acids is 1. The zero-order chi connectivity index (χ0) is 22.3. The Morgan fingerprint density at radius 2 is 2.09 bits per heavy atom. The molecule has 4 heterocycles. The molecule has 4 aromatic rings. The van der Waals surface area contributed by atoms with Gasteiger partial charge in [-0.3, -0.25) is 4.79 Å².